The predicted molar refractivity (Wildman–Crippen MR) is 112 cm³/mol. The van der Waals surface area contributed by atoms with E-state index in [-0.39, 0.29) is 5.91 Å². The van der Waals surface area contributed by atoms with E-state index in [9.17, 15) is 4.79 Å². The van der Waals surface area contributed by atoms with Gasteiger partial charge in [0.25, 0.3) is 5.91 Å². The number of rotatable bonds is 6. The van der Waals surface area contributed by atoms with Gasteiger partial charge in [-0.25, -0.2) is 9.89 Å². The summed E-state index contributed by atoms with van der Waals surface area (Å²) in [4.78, 5) is 18.8. The zero-order valence-electron chi connectivity index (χ0n) is 16.0. The molecule has 29 heavy (non-hydrogen) atoms. The minimum atomic E-state index is 0.00771. The number of hydrogen-bond donors (Lipinski definition) is 4. The van der Waals surface area contributed by atoms with E-state index in [1.165, 1.54) is 0 Å². The summed E-state index contributed by atoms with van der Waals surface area (Å²) in [5, 5.41) is 13.6. The molecule has 148 valence electrons. The molecule has 5 rings (SSSR count). The van der Waals surface area contributed by atoms with Gasteiger partial charge in [0.15, 0.2) is 5.82 Å². The van der Waals surface area contributed by atoms with Crippen LogP contribution >= 0.6 is 11.9 Å². The molecule has 1 aromatic heterocycles. The van der Waals surface area contributed by atoms with Gasteiger partial charge in [0.1, 0.15) is 12.7 Å². The lowest BCUT2D eigenvalue weighted by atomic mass is 10.2. The molecule has 1 fully saturated rings. The molecule has 1 unspecified atom stereocenters. The van der Waals surface area contributed by atoms with Gasteiger partial charge in [0.05, 0.1) is 12.4 Å². The van der Waals surface area contributed by atoms with Crippen LogP contribution in [0.15, 0.2) is 64.6 Å². The van der Waals surface area contributed by atoms with Gasteiger partial charge in [0, 0.05) is 28.3 Å². The van der Waals surface area contributed by atoms with Crippen LogP contribution in [0.25, 0.3) is 0 Å². The fraction of sp³-hybridized carbons (Fsp3) is 0.250. The molecule has 0 saturated heterocycles. The molecule has 2 aromatic rings. The molecule has 1 aliphatic carbocycles. The quantitative estimate of drug-likeness (QED) is 0.546. The van der Waals surface area contributed by atoms with Crippen molar-refractivity contribution in [3.05, 3.63) is 66.0 Å². The van der Waals surface area contributed by atoms with Crippen LogP contribution in [-0.2, 0) is 0 Å². The Bertz CT molecular complexity index is 1020. The third-order valence-corrected chi connectivity index (χ3v) is 5.82. The van der Waals surface area contributed by atoms with E-state index in [4.69, 9.17) is 0 Å². The number of aromatic amines is 1. The maximum atomic E-state index is 12.2. The summed E-state index contributed by atoms with van der Waals surface area (Å²) in [7, 11) is 0. The smallest absolute Gasteiger partial charge is 0.251 e. The van der Waals surface area contributed by atoms with E-state index in [0.717, 1.165) is 45.8 Å². The third kappa shape index (κ3) is 4.06. The lowest BCUT2D eigenvalue weighted by Gasteiger charge is -2.27. The molecular weight excluding hydrogens is 386 g/mol. The molecule has 3 heterocycles. The highest BCUT2D eigenvalue weighted by atomic mass is 32.2. The number of amidine groups is 1. The van der Waals surface area contributed by atoms with E-state index in [1.807, 2.05) is 49.7 Å². The first-order valence-corrected chi connectivity index (χ1v) is 10.4. The molecule has 0 radical (unpaired) electrons. The van der Waals surface area contributed by atoms with Crippen molar-refractivity contribution in [1.29, 1.82) is 0 Å². The van der Waals surface area contributed by atoms with Crippen molar-refractivity contribution in [2.45, 2.75) is 30.7 Å². The second kappa shape index (κ2) is 7.41. The van der Waals surface area contributed by atoms with Crippen LogP contribution in [0.4, 0.5) is 5.82 Å². The van der Waals surface area contributed by atoms with E-state index in [1.54, 1.807) is 11.9 Å². The summed E-state index contributed by atoms with van der Waals surface area (Å²) in [5.74, 6) is 2.77. The van der Waals surface area contributed by atoms with Gasteiger partial charge in [-0.2, -0.15) is 5.10 Å². The first kappa shape index (κ1) is 18.0. The number of carbonyl (C=O) groups is 1. The topological polar surface area (TPSA) is 89.8 Å². The number of anilines is 1. The number of amides is 1. The Morgan fingerprint density at radius 3 is 2.86 bits per heavy atom. The number of quaternary nitrogens is 1. The number of aliphatic imine (C=N–C) groups is 1. The van der Waals surface area contributed by atoms with Crippen LogP contribution < -0.4 is 15.5 Å². The molecule has 1 saturated carbocycles. The highest BCUT2D eigenvalue weighted by molar-refractivity contribution is 7.97. The zero-order valence-corrected chi connectivity index (χ0v) is 16.8. The summed E-state index contributed by atoms with van der Waals surface area (Å²) in [6, 6.07) is 10.1. The van der Waals surface area contributed by atoms with E-state index >= 15 is 0 Å². The number of hydrogen-bond acceptors (Lipinski definition) is 6. The number of aryl methyl sites for hydroxylation is 1. The fourth-order valence-electron chi connectivity index (χ4n) is 3.22. The van der Waals surface area contributed by atoms with Gasteiger partial charge in [0.2, 0.25) is 11.7 Å². The number of carbonyl (C=O) groups excluding carboxylic acids is 1. The van der Waals surface area contributed by atoms with Crippen molar-refractivity contribution < 1.29 is 9.69 Å². The van der Waals surface area contributed by atoms with Crippen molar-refractivity contribution in [1.82, 2.24) is 19.8 Å². The van der Waals surface area contributed by atoms with Crippen LogP contribution in [0, 0.1) is 6.92 Å². The Labute approximate surface area is 172 Å². The SMILES string of the molecule is Cc1cc(NC2=CN(Sc3ccc(C(=O)NC4CC4)cc3)CC3=NC=C[NH+]23)n[nH]1. The first-order valence-electron chi connectivity index (χ1n) is 9.61. The average molecular weight is 409 g/mol. The van der Waals surface area contributed by atoms with Crippen LogP contribution in [0.3, 0.4) is 0 Å². The number of nitrogens with zero attached hydrogens (tertiary/aromatic N) is 3. The molecule has 1 atom stereocenters. The molecule has 2 aliphatic heterocycles. The highest BCUT2D eigenvalue weighted by Gasteiger charge is 2.32. The lowest BCUT2D eigenvalue weighted by molar-refractivity contribution is -0.699. The summed E-state index contributed by atoms with van der Waals surface area (Å²) in [6.07, 6.45) is 8.10. The Balaban J connectivity index is 1.30. The molecule has 9 heteroatoms. The van der Waals surface area contributed by atoms with Crippen molar-refractivity contribution in [3.63, 3.8) is 0 Å². The Hall–Kier alpha value is -3.04. The van der Waals surface area contributed by atoms with Gasteiger partial charge in [-0.3, -0.25) is 19.5 Å². The lowest BCUT2D eigenvalue weighted by Crippen LogP contribution is -3.10. The minimum Gasteiger partial charge on any atom is -0.349 e. The Kier molecular flexibility index (Phi) is 4.61. The van der Waals surface area contributed by atoms with Crippen molar-refractivity contribution in [3.8, 4) is 0 Å². The normalized spacial score (nSPS) is 20.2. The largest absolute Gasteiger partial charge is 0.349 e. The van der Waals surface area contributed by atoms with Gasteiger partial charge < -0.3 is 5.32 Å². The third-order valence-electron chi connectivity index (χ3n) is 4.87. The monoisotopic (exact) mass is 408 g/mol. The number of H-pyrrole nitrogens is 1. The zero-order chi connectivity index (χ0) is 19.8. The minimum absolute atomic E-state index is 0.00771. The van der Waals surface area contributed by atoms with Crippen molar-refractivity contribution in [2.24, 2.45) is 4.99 Å². The summed E-state index contributed by atoms with van der Waals surface area (Å²) >= 11 is 1.61. The fourth-order valence-corrected chi connectivity index (χ4v) is 4.10. The molecule has 3 aliphatic rings. The molecule has 4 N–H and O–H groups in total. The Morgan fingerprint density at radius 1 is 1.31 bits per heavy atom. The molecule has 0 bridgehead atoms. The van der Waals surface area contributed by atoms with Gasteiger partial charge in [-0.05, 0) is 56.0 Å². The molecular formula is C20H22N7OS+. The summed E-state index contributed by atoms with van der Waals surface area (Å²) < 4.78 is 2.14. The molecule has 1 amide bonds. The first-order chi connectivity index (χ1) is 14.1. The number of nitrogens with one attached hydrogen (secondary N) is 4. The van der Waals surface area contributed by atoms with E-state index in [0.29, 0.717) is 18.2 Å². The van der Waals surface area contributed by atoms with Crippen LogP contribution in [0.2, 0.25) is 0 Å². The molecule has 1 aromatic carbocycles. The van der Waals surface area contributed by atoms with Crippen molar-refractivity contribution >= 4 is 29.5 Å². The van der Waals surface area contributed by atoms with Crippen molar-refractivity contribution in [2.75, 3.05) is 11.9 Å². The highest BCUT2D eigenvalue weighted by Crippen LogP contribution is 2.26. The maximum Gasteiger partial charge on any atom is 0.251 e. The van der Waals surface area contributed by atoms with Gasteiger partial charge in [-0.1, -0.05) is 0 Å². The average Bonchev–Trinajstić information content (AvgIpc) is 3.22. The molecule has 8 nitrogen and oxygen atoms in total. The second-order valence-corrected chi connectivity index (χ2v) is 8.47. The van der Waals surface area contributed by atoms with E-state index in [2.05, 4.69) is 36.3 Å². The van der Waals surface area contributed by atoms with Crippen LogP contribution in [-0.4, -0.2) is 38.8 Å². The molecule has 0 spiro atoms. The number of benzene rings is 1. The van der Waals surface area contributed by atoms with Gasteiger partial charge >= 0.3 is 0 Å². The summed E-state index contributed by atoms with van der Waals surface area (Å²) in [6.45, 7) is 2.68. The Morgan fingerprint density at radius 2 is 2.14 bits per heavy atom. The van der Waals surface area contributed by atoms with Crippen LogP contribution in [0.1, 0.15) is 28.9 Å². The number of aromatic nitrogens is 2. The van der Waals surface area contributed by atoms with E-state index < -0.39 is 0 Å². The standard InChI is InChI=1S/C20H21N7OS/c1-13-10-17(25-24-13)23-19-12-26(11-18-21-8-9-27(18)19)29-16-6-2-14(3-7-16)20(28)22-15-4-5-15/h2-3,6-10,12,15H,4-5,11H2,1H3,(H,22,28)(H2,23,24,25)/p+1. The van der Waals surface area contributed by atoms with Gasteiger partial charge in [-0.15, -0.1) is 0 Å². The predicted octanol–water partition coefficient (Wildman–Crippen LogP) is 1.61. The number of fused-ring (bicyclic) bond motifs is 1. The maximum absolute atomic E-state index is 12.2. The van der Waals surface area contributed by atoms with Crippen LogP contribution in [0.5, 0.6) is 0 Å². The second-order valence-electron chi connectivity index (χ2n) is 7.35. The summed E-state index contributed by atoms with van der Waals surface area (Å²) in [5.41, 5.74) is 1.70.